The van der Waals surface area contributed by atoms with Gasteiger partial charge in [-0.05, 0) is 34.9 Å². The molecule has 0 radical (unpaired) electrons. The Morgan fingerprint density at radius 1 is 1.32 bits per heavy atom. The van der Waals surface area contributed by atoms with Gasteiger partial charge >= 0.3 is 5.97 Å². The zero-order valence-corrected chi connectivity index (χ0v) is 22.8. The molecule has 2 aliphatic rings. The average Bonchev–Trinajstić information content (AvgIpc) is 3.06. The van der Waals surface area contributed by atoms with Crippen LogP contribution in [-0.2, 0) is 14.3 Å². The van der Waals surface area contributed by atoms with Gasteiger partial charge in [0.25, 0.3) is 0 Å². The molecule has 0 spiro atoms. The Morgan fingerprint density at radius 3 is 2.59 bits per heavy atom. The van der Waals surface area contributed by atoms with Gasteiger partial charge < -0.3 is 24.8 Å². The van der Waals surface area contributed by atoms with E-state index in [-0.39, 0.29) is 30.0 Å². The maximum Gasteiger partial charge on any atom is 0.326 e. The van der Waals surface area contributed by atoms with Crippen molar-refractivity contribution in [3.05, 3.63) is 18.3 Å². The minimum absolute atomic E-state index is 0.000151. The smallest absolute Gasteiger partial charge is 0.326 e. The molecule has 1 saturated heterocycles. The number of aliphatic carboxylic acids is 1. The number of likely N-dealkylation sites (tertiary alicyclic amines) is 1. The minimum atomic E-state index is -1.18. The second-order valence-corrected chi connectivity index (χ2v) is 18.1. The molecule has 2 heterocycles. The number of fused-ring (bicyclic) bond motifs is 1. The number of hydrogen-bond donors (Lipinski definition) is 2. The summed E-state index contributed by atoms with van der Waals surface area (Å²) in [6, 6.07) is 3.20. The highest BCUT2D eigenvalue weighted by molar-refractivity contribution is 6.76. The molecule has 34 heavy (non-hydrogen) atoms. The van der Waals surface area contributed by atoms with Gasteiger partial charge in [0, 0.05) is 33.3 Å². The van der Waals surface area contributed by atoms with Crippen molar-refractivity contribution in [3.8, 4) is 5.88 Å². The van der Waals surface area contributed by atoms with Crippen LogP contribution in [0.3, 0.4) is 0 Å². The van der Waals surface area contributed by atoms with Gasteiger partial charge in [-0.15, -0.1) is 0 Å². The first-order chi connectivity index (χ1) is 15.6. The molecule has 0 unspecified atom stereocenters. The largest absolute Gasteiger partial charge is 0.480 e. The van der Waals surface area contributed by atoms with Crippen LogP contribution in [0, 0.1) is 22.7 Å². The number of hydrogen-bond acceptors (Lipinski definition) is 6. The van der Waals surface area contributed by atoms with E-state index in [0.717, 1.165) is 6.04 Å². The number of ether oxygens (including phenoxy) is 2. The SMILES string of the molecule is CC(C)(C)[C@H](Nc1cccnc1OCOCC[Si](C)(C)C)C(=O)N1C[C@H]2[C@@H]([C@H]1C(=O)O)C2(C)C. The summed E-state index contributed by atoms with van der Waals surface area (Å²) in [6.07, 6.45) is 1.63. The average molecular weight is 492 g/mol. The summed E-state index contributed by atoms with van der Waals surface area (Å²) in [7, 11) is -1.18. The molecule has 4 atom stereocenters. The van der Waals surface area contributed by atoms with Gasteiger partial charge in [-0.2, -0.15) is 0 Å². The maximum atomic E-state index is 13.7. The second kappa shape index (κ2) is 9.49. The number of anilines is 1. The normalized spacial score (nSPS) is 24.4. The summed E-state index contributed by atoms with van der Waals surface area (Å²) in [4.78, 5) is 31.7. The molecule has 0 bridgehead atoms. The van der Waals surface area contributed by atoms with Gasteiger partial charge in [-0.25, -0.2) is 9.78 Å². The highest BCUT2D eigenvalue weighted by Gasteiger charge is 2.70. The quantitative estimate of drug-likeness (QED) is 0.288. The third-order valence-corrected chi connectivity index (χ3v) is 8.91. The third kappa shape index (κ3) is 5.74. The van der Waals surface area contributed by atoms with Gasteiger partial charge in [0.05, 0.1) is 5.69 Å². The number of amides is 1. The summed E-state index contributed by atoms with van der Waals surface area (Å²) in [5, 5.41) is 13.2. The van der Waals surface area contributed by atoms with Crippen LogP contribution >= 0.6 is 0 Å². The van der Waals surface area contributed by atoms with Crippen molar-refractivity contribution in [3.63, 3.8) is 0 Å². The van der Waals surface area contributed by atoms with Crippen LogP contribution < -0.4 is 10.1 Å². The molecule has 1 aromatic rings. The first-order valence-corrected chi connectivity index (χ1v) is 15.8. The van der Waals surface area contributed by atoms with E-state index < -0.39 is 31.5 Å². The van der Waals surface area contributed by atoms with Crippen molar-refractivity contribution in [2.45, 2.75) is 72.4 Å². The standard InChI is InChI=1S/C25H41N3O5Si/c1-24(2,3)20(22(29)28-14-16-18(25(16,4)5)19(28)23(30)31)27-17-10-9-11-26-21(17)33-15-32-12-13-34(6,7)8/h9-11,16,18-20,27H,12-15H2,1-8H3,(H,30,31)/t16-,18-,19-,20+/m0/s1. The van der Waals surface area contributed by atoms with Crippen molar-refractivity contribution >= 4 is 25.6 Å². The molecule has 0 aromatic carbocycles. The molecule has 1 aromatic heterocycles. The Morgan fingerprint density at radius 2 is 2.00 bits per heavy atom. The summed E-state index contributed by atoms with van der Waals surface area (Å²) in [6.45, 7) is 18.2. The van der Waals surface area contributed by atoms with Crippen molar-refractivity contribution in [2.24, 2.45) is 22.7 Å². The molecule has 2 fully saturated rings. The predicted molar refractivity (Wildman–Crippen MR) is 135 cm³/mol. The summed E-state index contributed by atoms with van der Waals surface area (Å²) < 4.78 is 11.4. The van der Waals surface area contributed by atoms with Crippen LogP contribution in [0.2, 0.25) is 25.7 Å². The molecule has 2 N–H and O–H groups in total. The van der Waals surface area contributed by atoms with E-state index in [1.165, 1.54) is 0 Å². The molecule has 9 heteroatoms. The molecule has 3 rings (SSSR count). The molecular weight excluding hydrogens is 450 g/mol. The first-order valence-electron chi connectivity index (χ1n) is 12.1. The molecule has 1 aliphatic heterocycles. The zero-order valence-electron chi connectivity index (χ0n) is 21.8. The monoisotopic (exact) mass is 491 g/mol. The van der Waals surface area contributed by atoms with E-state index in [4.69, 9.17) is 9.47 Å². The lowest BCUT2D eigenvalue weighted by atomic mass is 9.85. The fraction of sp³-hybridized carbons (Fsp3) is 0.720. The minimum Gasteiger partial charge on any atom is -0.480 e. The Balaban J connectivity index is 1.72. The van der Waals surface area contributed by atoms with E-state index in [0.29, 0.717) is 24.7 Å². The highest BCUT2D eigenvalue weighted by Crippen LogP contribution is 2.65. The lowest BCUT2D eigenvalue weighted by molar-refractivity contribution is -0.151. The molecule has 8 nitrogen and oxygen atoms in total. The van der Waals surface area contributed by atoms with Gasteiger partial charge in [0.2, 0.25) is 11.8 Å². The van der Waals surface area contributed by atoms with Crippen LogP contribution in [0.1, 0.15) is 34.6 Å². The van der Waals surface area contributed by atoms with Gasteiger partial charge in [-0.1, -0.05) is 54.3 Å². The van der Waals surface area contributed by atoms with E-state index in [1.54, 1.807) is 17.2 Å². The number of carbonyl (C=O) groups excluding carboxylic acids is 1. The number of carboxylic acid groups (broad SMARTS) is 1. The number of nitrogens with zero attached hydrogens (tertiary/aromatic N) is 2. The van der Waals surface area contributed by atoms with E-state index in [1.807, 2.05) is 26.8 Å². The fourth-order valence-corrected chi connectivity index (χ4v) is 5.67. The zero-order chi connectivity index (χ0) is 25.5. The van der Waals surface area contributed by atoms with Crippen molar-refractivity contribution in [2.75, 3.05) is 25.3 Å². The molecule has 1 aliphatic carbocycles. The van der Waals surface area contributed by atoms with Crippen molar-refractivity contribution in [1.82, 2.24) is 9.88 Å². The third-order valence-electron chi connectivity index (χ3n) is 7.20. The molecule has 1 amide bonds. The number of aromatic nitrogens is 1. The topological polar surface area (TPSA) is 101 Å². The summed E-state index contributed by atoms with van der Waals surface area (Å²) in [5.41, 5.74) is 0.0781. The van der Waals surface area contributed by atoms with Gasteiger partial charge in [0.1, 0.15) is 12.1 Å². The number of piperidine rings is 1. The fourth-order valence-electron chi connectivity index (χ4n) is 4.92. The maximum absolute atomic E-state index is 13.7. The van der Waals surface area contributed by atoms with Crippen LogP contribution in [0.15, 0.2) is 18.3 Å². The number of carbonyl (C=O) groups is 2. The first kappa shape index (κ1) is 26.5. The van der Waals surface area contributed by atoms with Crippen molar-refractivity contribution in [1.29, 1.82) is 0 Å². The Bertz CT molecular complexity index is 909. The summed E-state index contributed by atoms with van der Waals surface area (Å²) >= 11 is 0. The lowest BCUT2D eigenvalue weighted by Crippen LogP contribution is -2.54. The highest BCUT2D eigenvalue weighted by atomic mass is 28.3. The second-order valence-electron chi connectivity index (χ2n) is 12.5. The number of nitrogens with one attached hydrogen (secondary N) is 1. The lowest BCUT2D eigenvalue weighted by Gasteiger charge is -2.37. The Hall–Kier alpha value is -2.13. The van der Waals surface area contributed by atoms with Crippen LogP contribution in [-0.4, -0.2) is 67.0 Å². The number of carboxylic acids is 1. The number of pyridine rings is 1. The van der Waals surface area contributed by atoms with Crippen LogP contribution in [0.4, 0.5) is 5.69 Å². The Labute approximate surface area is 204 Å². The van der Waals surface area contributed by atoms with Crippen LogP contribution in [0.25, 0.3) is 0 Å². The molecule has 1 saturated carbocycles. The summed E-state index contributed by atoms with van der Waals surface area (Å²) in [5.74, 6) is -0.550. The number of rotatable bonds is 10. The molecule has 190 valence electrons. The van der Waals surface area contributed by atoms with E-state index in [9.17, 15) is 14.7 Å². The van der Waals surface area contributed by atoms with Gasteiger partial charge in [0.15, 0.2) is 6.79 Å². The van der Waals surface area contributed by atoms with Crippen LogP contribution in [0.5, 0.6) is 5.88 Å². The predicted octanol–water partition coefficient (Wildman–Crippen LogP) is 4.17. The van der Waals surface area contributed by atoms with E-state index in [2.05, 4.69) is 43.8 Å². The van der Waals surface area contributed by atoms with E-state index >= 15 is 0 Å². The van der Waals surface area contributed by atoms with Crippen molar-refractivity contribution < 1.29 is 24.2 Å². The van der Waals surface area contributed by atoms with Gasteiger partial charge in [-0.3, -0.25) is 4.79 Å². The molecular formula is C25H41N3O5Si. The Kier molecular flexibility index (Phi) is 7.39.